The summed E-state index contributed by atoms with van der Waals surface area (Å²) in [5.41, 5.74) is 8.47. The van der Waals surface area contributed by atoms with Crippen molar-refractivity contribution in [3.63, 3.8) is 0 Å². The minimum Gasteiger partial charge on any atom is -0.399 e. The van der Waals surface area contributed by atoms with E-state index in [9.17, 15) is 0 Å². The van der Waals surface area contributed by atoms with Crippen LogP contribution in [0.4, 0.5) is 17.3 Å². The Kier molecular flexibility index (Phi) is 3.55. The van der Waals surface area contributed by atoms with Crippen LogP contribution in [0.3, 0.4) is 0 Å². The van der Waals surface area contributed by atoms with E-state index in [2.05, 4.69) is 22.2 Å². The third-order valence-corrected chi connectivity index (χ3v) is 2.39. The predicted molar refractivity (Wildman–Crippen MR) is 70.2 cm³/mol. The van der Waals surface area contributed by atoms with E-state index in [1.807, 2.05) is 36.7 Å². The van der Waals surface area contributed by atoms with E-state index in [-0.39, 0.29) is 0 Å². The van der Waals surface area contributed by atoms with Gasteiger partial charge in [0, 0.05) is 23.8 Å². The standard InChI is InChI=1S/C13H16N4/c1-2-4-10-8-15-13(16-9-10)17-12-6-3-5-11(14)7-12/h3,5-9H,2,4,14H2,1H3,(H,15,16,17). The number of aryl methyl sites for hydroxylation is 1. The normalized spacial score (nSPS) is 10.2. The van der Waals surface area contributed by atoms with Gasteiger partial charge in [0.15, 0.2) is 0 Å². The molecule has 0 saturated carbocycles. The molecule has 0 unspecified atom stereocenters. The summed E-state index contributed by atoms with van der Waals surface area (Å²) < 4.78 is 0. The van der Waals surface area contributed by atoms with Crippen LogP contribution in [-0.4, -0.2) is 9.97 Å². The third kappa shape index (κ3) is 3.17. The molecule has 3 N–H and O–H groups in total. The average molecular weight is 228 g/mol. The van der Waals surface area contributed by atoms with Crippen molar-refractivity contribution in [2.24, 2.45) is 0 Å². The highest BCUT2D eigenvalue weighted by Crippen LogP contribution is 2.15. The van der Waals surface area contributed by atoms with Crippen molar-refractivity contribution < 1.29 is 0 Å². The van der Waals surface area contributed by atoms with Gasteiger partial charge in [-0.05, 0) is 30.2 Å². The zero-order valence-corrected chi connectivity index (χ0v) is 9.85. The fourth-order valence-electron chi connectivity index (χ4n) is 1.58. The highest BCUT2D eigenvalue weighted by atomic mass is 15.1. The highest BCUT2D eigenvalue weighted by Gasteiger charge is 1.98. The van der Waals surface area contributed by atoms with Gasteiger partial charge in [-0.1, -0.05) is 19.4 Å². The van der Waals surface area contributed by atoms with Crippen LogP contribution in [0.25, 0.3) is 0 Å². The molecule has 0 fully saturated rings. The fraction of sp³-hybridized carbons (Fsp3) is 0.231. The van der Waals surface area contributed by atoms with E-state index >= 15 is 0 Å². The molecule has 0 aliphatic carbocycles. The SMILES string of the molecule is CCCc1cnc(Nc2cccc(N)c2)nc1. The second-order valence-corrected chi connectivity index (χ2v) is 3.92. The second kappa shape index (κ2) is 5.30. The van der Waals surface area contributed by atoms with Crippen molar-refractivity contribution in [2.75, 3.05) is 11.1 Å². The largest absolute Gasteiger partial charge is 0.399 e. The first-order valence-corrected chi connectivity index (χ1v) is 5.71. The van der Waals surface area contributed by atoms with Gasteiger partial charge >= 0.3 is 0 Å². The average Bonchev–Trinajstić information content (AvgIpc) is 2.32. The molecule has 1 heterocycles. The first-order valence-electron chi connectivity index (χ1n) is 5.71. The topological polar surface area (TPSA) is 63.8 Å². The van der Waals surface area contributed by atoms with Crippen molar-refractivity contribution in [1.29, 1.82) is 0 Å². The van der Waals surface area contributed by atoms with Crippen LogP contribution in [0.1, 0.15) is 18.9 Å². The molecule has 0 aliphatic rings. The van der Waals surface area contributed by atoms with Crippen molar-refractivity contribution in [2.45, 2.75) is 19.8 Å². The quantitative estimate of drug-likeness (QED) is 0.790. The summed E-state index contributed by atoms with van der Waals surface area (Å²) in [6, 6.07) is 7.52. The predicted octanol–water partition coefficient (Wildman–Crippen LogP) is 2.75. The maximum absolute atomic E-state index is 5.70. The van der Waals surface area contributed by atoms with Gasteiger partial charge in [0.2, 0.25) is 5.95 Å². The summed E-state index contributed by atoms with van der Waals surface area (Å²) >= 11 is 0. The zero-order valence-electron chi connectivity index (χ0n) is 9.85. The molecule has 17 heavy (non-hydrogen) atoms. The Morgan fingerprint density at radius 2 is 2.00 bits per heavy atom. The number of nitrogen functional groups attached to an aromatic ring is 1. The first kappa shape index (κ1) is 11.4. The van der Waals surface area contributed by atoms with E-state index in [1.54, 1.807) is 0 Å². The van der Waals surface area contributed by atoms with Crippen LogP contribution >= 0.6 is 0 Å². The molecule has 2 rings (SSSR count). The molecule has 4 heteroatoms. The number of nitrogens with two attached hydrogens (primary N) is 1. The molecule has 4 nitrogen and oxygen atoms in total. The van der Waals surface area contributed by atoms with Crippen LogP contribution in [-0.2, 0) is 6.42 Å². The number of hydrogen-bond acceptors (Lipinski definition) is 4. The molecule has 0 bridgehead atoms. The lowest BCUT2D eigenvalue weighted by molar-refractivity contribution is 0.902. The van der Waals surface area contributed by atoms with Crippen LogP contribution in [0, 0.1) is 0 Å². The van der Waals surface area contributed by atoms with Crippen molar-refractivity contribution in [1.82, 2.24) is 9.97 Å². The van der Waals surface area contributed by atoms with Gasteiger partial charge < -0.3 is 11.1 Å². The van der Waals surface area contributed by atoms with Gasteiger partial charge in [-0.3, -0.25) is 0 Å². The number of nitrogens with one attached hydrogen (secondary N) is 1. The molecule has 0 spiro atoms. The maximum atomic E-state index is 5.70. The summed E-state index contributed by atoms with van der Waals surface area (Å²) in [7, 11) is 0. The monoisotopic (exact) mass is 228 g/mol. The van der Waals surface area contributed by atoms with E-state index < -0.39 is 0 Å². The Labute approximate surface area is 101 Å². The van der Waals surface area contributed by atoms with Crippen LogP contribution in [0.15, 0.2) is 36.7 Å². The Morgan fingerprint density at radius 1 is 1.24 bits per heavy atom. The molecule has 1 aromatic carbocycles. The smallest absolute Gasteiger partial charge is 0.227 e. The minimum atomic E-state index is 0.593. The number of aromatic nitrogens is 2. The van der Waals surface area contributed by atoms with E-state index in [4.69, 9.17) is 5.73 Å². The first-order chi connectivity index (χ1) is 8.28. The summed E-state index contributed by atoms with van der Waals surface area (Å²) in [5.74, 6) is 0.593. The lowest BCUT2D eigenvalue weighted by Crippen LogP contribution is -1.98. The van der Waals surface area contributed by atoms with E-state index in [0.717, 1.165) is 29.8 Å². The van der Waals surface area contributed by atoms with Gasteiger partial charge in [-0.2, -0.15) is 0 Å². The van der Waals surface area contributed by atoms with Crippen LogP contribution in [0.5, 0.6) is 0 Å². The zero-order chi connectivity index (χ0) is 12.1. The second-order valence-electron chi connectivity index (χ2n) is 3.92. The molecular formula is C13H16N4. The van der Waals surface area contributed by atoms with Crippen LogP contribution in [0.2, 0.25) is 0 Å². The summed E-state index contributed by atoms with van der Waals surface area (Å²) in [6.07, 6.45) is 5.82. The summed E-state index contributed by atoms with van der Waals surface area (Å²) in [4.78, 5) is 8.52. The summed E-state index contributed by atoms with van der Waals surface area (Å²) in [5, 5.41) is 3.11. The molecule has 88 valence electrons. The van der Waals surface area contributed by atoms with E-state index in [1.165, 1.54) is 0 Å². The molecule has 0 saturated heterocycles. The third-order valence-electron chi connectivity index (χ3n) is 2.39. The van der Waals surface area contributed by atoms with Crippen molar-refractivity contribution in [3.05, 3.63) is 42.2 Å². The maximum Gasteiger partial charge on any atom is 0.227 e. The van der Waals surface area contributed by atoms with Gasteiger partial charge in [-0.15, -0.1) is 0 Å². The molecule has 2 aromatic rings. The molecule has 0 aliphatic heterocycles. The Bertz CT molecular complexity index is 479. The Balaban J connectivity index is 2.08. The van der Waals surface area contributed by atoms with Crippen molar-refractivity contribution in [3.8, 4) is 0 Å². The number of anilines is 3. The van der Waals surface area contributed by atoms with E-state index in [0.29, 0.717) is 5.95 Å². The van der Waals surface area contributed by atoms with Crippen LogP contribution < -0.4 is 11.1 Å². The lowest BCUT2D eigenvalue weighted by atomic mass is 10.2. The Morgan fingerprint density at radius 3 is 2.65 bits per heavy atom. The molecule has 0 radical (unpaired) electrons. The number of benzene rings is 1. The molecule has 0 amide bonds. The van der Waals surface area contributed by atoms with Gasteiger partial charge in [0.1, 0.15) is 0 Å². The van der Waals surface area contributed by atoms with Crippen molar-refractivity contribution >= 4 is 17.3 Å². The molecule has 1 aromatic heterocycles. The lowest BCUT2D eigenvalue weighted by Gasteiger charge is -2.05. The number of rotatable bonds is 4. The summed E-state index contributed by atoms with van der Waals surface area (Å²) in [6.45, 7) is 2.14. The number of hydrogen-bond donors (Lipinski definition) is 2. The Hall–Kier alpha value is -2.10. The highest BCUT2D eigenvalue weighted by molar-refractivity contribution is 5.59. The fourth-order valence-corrected chi connectivity index (χ4v) is 1.58. The number of nitrogens with zero attached hydrogens (tertiary/aromatic N) is 2. The van der Waals surface area contributed by atoms with Gasteiger partial charge in [0.25, 0.3) is 0 Å². The van der Waals surface area contributed by atoms with Gasteiger partial charge in [0.05, 0.1) is 0 Å². The molecule has 0 atom stereocenters. The van der Waals surface area contributed by atoms with Gasteiger partial charge in [-0.25, -0.2) is 9.97 Å². The minimum absolute atomic E-state index is 0.593. The molecular weight excluding hydrogens is 212 g/mol.